The minimum absolute atomic E-state index is 0.788. The molecular weight excluding hydrogens is 480 g/mol. The molecule has 0 atom stereocenters. The summed E-state index contributed by atoms with van der Waals surface area (Å²) in [5.74, 6) is 1.84. The zero-order valence-corrected chi connectivity index (χ0v) is 23.3. The average molecular weight is 521 g/mol. The SMILES string of the molecule is C=C/C(=C\C(=C/C)c1ccc2[nH]nc(-c3cc4c(N5CCN(C)CC5)nccc4[nH]3)c2c1)CC1CCCCC1. The lowest BCUT2D eigenvalue weighted by Crippen LogP contribution is -2.44. The highest BCUT2D eigenvalue weighted by Gasteiger charge is 2.20. The number of likely N-dealkylation sites (N-methyl/N-ethyl adjacent to an activating group) is 1. The summed E-state index contributed by atoms with van der Waals surface area (Å²) in [6.07, 6.45) is 16.4. The predicted octanol–water partition coefficient (Wildman–Crippen LogP) is 7.34. The summed E-state index contributed by atoms with van der Waals surface area (Å²) in [6.45, 7) is 10.4. The quantitative estimate of drug-likeness (QED) is 0.250. The predicted molar refractivity (Wildman–Crippen MR) is 164 cm³/mol. The third-order valence-corrected chi connectivity index (χ3v) is 8.64. The fourth-order valence-corrected chi connectivity index (χ4v) is 6.29. The van der Waals surface area contributed by atoms with Crippen LogP contribution in [0, 0.1) is 5.92 Å². The lowest BCUT2D eigenvalue weighted by atomic mass is 9.84. The number of anilines is 1. The van der Waals surface area contributed by atoms with Crippen LogP contribution in [0.25, 0.3) is 38.8 Å². The molecule has 3 aromatic heterocycles. The molecule has 0 bridgehead atoms. The molecule has 1 aliphatic carbocycles. The molecule has 6 heteroatoms. The van der Waals surface area contributed by atoms with E-state index in [1.54, 1.807) is 0 Å². The van der Waals surface area contributed by atoms with Crippen LogP contribution in [-0.2, 0) is 0 Å². The van der Waals surface area contributed by atoms with E-state index in [9.17, 15) is 0 Å². The van der Waals surface area contributed by atoms with Crippen molar-refractivity contribution >= 4 is 33.2 Å². The van der Waals surface area contributed by atoms with Gasteiger partial charge < -0.3 is 14.8 Å². The molecular formula is C33H40N6. The topological polar surface area (TPSA) is 63.8 Å². The maximum atomic E-state index is 4.78. The van der Waals surface area contributed by atoms with Crippen molar-refractivity contribution in [3.05, 3.63) is 72.5 Å². The van der Waals surface area contributed by atoms with Crippen LogP contribution in [0.3, 0.4) is 0 Å². The number of rotatable bonds is 7. The molecule has 1 saturated carbocycles. The first kappa shape index (κ1) is 25.6. The lowest BCUT2D eigenvalue weighted by Gasteiger charge is -2.33. The van der Waals surface area contributed by atoms with E-state index in [0.717, 1.165) is 77.5 Å². The lowest BCUT2D eigenvalue weighted by molar-refractivity contribution is 0.312. The maximum absolute atomic E-state index is 4.78. The standard InChI is InChI=1S/C33H40N6/c1-4-23(19-24-9-7-6-8-10-24)20-25(5-2)26-11-12-30-27(21-26)32(37-36-30)31-22-28-29(35-31)13-14-34-33(28)39-17-15-38(3)16-18-39/h4-5,11-14,20-22,24,35H,1,6-10,15-19H2,2-3H3,(H,36,37)/b23-20+,25-5+. The Bertz CT molecular complexity index is 1520. The molecule has 2 aliphatic rings. The Hall–Kier alpha value is -3.64. The van der Waals surface area contributed by atoms with E-state index in [2.05, 4.69) is 89.0 Å². The fourth-order valence-electron chi connectivity index (χ4n) is 6.29. The van der Waals surface area contributed by atoms with Crippen LogP contribution in [0.5, 0.6) is 0 Å². The number of fused-ring (bicyclic) bond motifs is 2. The van der Waals surface area contributed by atoms with Gasteiger partial charge >= 0.3 is 0 Å². The van der Waals surface area contributed by atoms with E-state index < -0.39 is 0 Å². The number of hydrogen-bond acceptors (Lipinski definition) is 4. The molecule has 202 valence electrons. The monoisotopic (exact) mass is 520 g/mol. The highest BCUT2D eigenvalue weighted by atomic mass is 15.3. The van der Waals surface area contributed by atoms with Crippen molar-refractivity contribution < 1.29 is 0 Å². The summed E-state index contributed by atoms with van der Waals surface area (Å²) < 4.78 is 0. The van der Waals surface area contributed by atoms with E-state index in [4.69, 9.17) is 10.1 Å². The van der Waals surface area contributed by atoms with Gasteiger partial charge in [0.1, 0.15) is 11.5 Å². The minimum Gasteiger partial charge on any atom is -0.353 e. The number of nitrogens with one attached hydrogen (secondary N) is 2. The molecule has 0 unspecified atom stereocenters. The van der Waals surface area contributed by atoms with Crippen molar-refractivity contribution in [2.45, 2.75) is 45.4 Å². The first-order chi connectivity index (χ1) is 19.1. The summed E-state index contributed by atoms with van der Waals surface area (Å²) in [5.41, 5.74) is 7.85. The molecule has 1 saturated heterocycles. The number of hydrogen-bond donors (Lipinski definition) is 2. The van der Waals surface area contributed by atoms with Gasteiger partial charge in [-0.15, -0.1) is 0 Å². The second-order valence-electron chi connectivity index (χ2n) is 11.3. The highest BCUT2D eigenvalue weighted by molar-refractivity contribution is 6.00. The number of aromatic nitrogens is 4. The molecule has 6 rings (SSSR count). The Labute approximate surface area is 231 Å². The maximum Gasteiger partial charge on any atom is 0.138 e. The van der Waals surface area contributed by atoms with Gasteiger partial charge in [-0.05, 0) is 67.3 Å². The summed E-state index contributed by atoms with van der Waals surface area (Å²) in [7, 11) is 2.18. The van der Waals surface area contributed by atoms with E-state index in [1.807, 2.05) is 6.20 Å². The molecule has 2 fully saturated rings. The van der Waals surface area contributed by atoms with E-state index >= 15 is 0 Å². The smallest absolute Gasteiger partial charge is 0.138 e. The molecule has 2 N–H and O–H groups in total. The van der Waals surface area contributed by atoms with Gasteiger partial charge in [0.2, 0.25) is 0 Å². The number of nitrogens with zero attached hydrogens (tertiary/aromatic N) is 4. The fraction of sp³-hybridized carbons (Fsp3) is 0.394. The van der Waals surface area contributed by atoms with Crippen LogP contribution < -0.4 is 4.90 Å². The van der Waals surface area contributed by atoms with Crippen molar-refractivity contribution in [1.82, 2.24) is 25.1 Å². The van der Waals surface area contributed by atoms with Crippen LogP contribution in [0.2, 0.25) is 0 Å². The van der Waals surface area contributed by atoms with Gasteiger partial charge in [0.05, 0.1) is 16.7 Å². The molecule has 0 amide bonds. The minimum atomic E-state index is 0.788. The largest absolute Gasteiger partial charge is 0.353 e. The van der Waals surface area contributed by atoms with Crippen LogP contribution in [-0.4, -0.2) is 58.3 Å². The number of piperazine rings is 1. The Morgan fingerprint density at radius 3 is 2.62 bits per heavy atom. The van der Waals surface area contributed by atoms with E-state index in [0.29, 0.717) is 0 Å². The van der Waals surface area contributed by atoms with Gasteiger partial charge in [0, 0.05) is 43.1 Å². The number of aromatic amines is 2. The van der Waals surface area contributed by atoms with Crippen molar-refractivity contribution in [3.63, 3.8) is 0 Å². The number of pyridine rings is 1. The molecule has 39 heavy (non-hydrogen) atoms. The molecule has 4 heterocycles. The van der Waals surface area contributed by atoms with Crippen molar-refractivity contribution in [3.8, 4) is 11.4 Å². The van der Waals surface area contributed by atoms with Gasteiger partial charge in [-0.3, -0.25) is 5.10 Å². The first-order valence-corrected chi connectivity index (χ1v) is 14.5. The van der Waals surface area contributed by atoms with Gasteiger partial charge in [-0.1, -0.05) is 63.0 Å². The van der Waals surface area contributed by atoms with Crippen LogP contribution in [0.4, 0.5) is 5.82 Å². The van der Waals surface area contributed by atoms with Crippen LogP contribution in [0.15, 0.2) is 66.9 Å². The Balaban J connectivity index is 1.32. The molecule has 6 nitrogen and oxygen atoms in total. The molecule has 4 aromatic rings. The molecule has 0 radical (unpaired) electrons. The first-order valence-electron chi connectivity index (χ1n) is 14.5. The summed E-state index contributed by atoms with van der Waals surface area (Å²) in [5, 5.41) is 10.3. The number of H-pyrrole nitrogens is 2. The van der Waals surface area contributed by atoms with Crippen molar-refractivity contribution in [2.24, 2.45) is 5.92 Å². The third kappa shape index (κ3) is 5.30. The zero-order valence-electron chi connectivity index (χ0n) is 23.3. The second-order valence-corrected chi connectivity index (χ2v) is 11.3. The number of benzene rings is 1. The summed E-state index contributed by atoms with van der Waals surface area (Å²) in [4.78, 5) is 13.2. The second kappa shape index (κ2) is 11.2. The Morgan fingerprint density at radius 1 is 1.03 bits per heavy atom. The molecule has 0 spiro atoms. The van der Waals surface area contributed by atoms with Gasteiger partial charge in [0.25, 0.3) is 0 Å². The zero-order chi connectivity index (χ0) is 26.8. The molecule has 1 aromatic carbocycles. The van der Waals surface area contributed by atoms with Gasteiger partial charge in [-0.2, -0.15) is 5.10 Å². The number of allylic oxidation sites excluding steroid dienone is 5. The normalized spacial score (nSPS) is 18.4. The van der Waals surface area contributed by atoms with Gasteiger partial charge in [-0.25, -0.2) is 4.98 Å². The summed E-state index contributed by atoms with van der Waals surface area (Å²) >= 11 is 0. The average Bonchev–Trinajstić information content (AvgIpc) is 3.60. The summed E-state index contributed by atoms with van der Waals surface area (Å²) in [6, 6.07) is 10.9. The third-order valence-electron chi connectivity index (χ3n) is 8.64. The Morgan fingerprint density at radius 2 is 1.85 bits per heavy atom. The van der Waals surface area contributed by atoms with E-state index in [-0.39, 0.29) is 0 Å². The van der Waals surface area contributed by atoms with Crippen molar-refractivity contribution in [1.29, 1.82) is 0 Å². The van der Waals surface area contributed by atoms with E-state index in [1.165, 1.54) is 48.8 Å². The Kier molecular flexibility index (Phi) is 7.38. The molecule has 1 aliphatic heterocycles. The van der Waals surface area contributed by atoms with Crippen molar-refractivity contribution in [2.75, 3.05) is 38.1 Å². The van der Waals surface area contributed by atoms with Gasteiger partial charge in [0.15, 0.2) is 0 Å². The van der Waals surface area contributed by atoms with Crippen LogP contribution in [0.1, 0.15) is 51.0 Å². The van der Waals surface area contributed by atoms with Crippen LogP contribution >= 0.6 is 0 Å². The highest BCUT2D eigenvalue weighted by Crippen LogP contribution is 2.35.